The molecule has 2 unspecified atom stereocenters. The Morgan fingerprint density at radius 1 is 1.21 bits per heavy atom. The van der Waals surface area contributed by atoms with Crippen LogP contribution < -0.4 is 5.32 Å². The van der Waals surface area contributed by atoms with Crippen LogP contribution >= 0.6 is 24.8 Å². The van der Waals surface area contributed by atoms with Gasteiger partial charge in [-0.15, -0.1) is 24.8 Å². The molecule has 2 fully saturated rings. The van der Waals surface area contributed by atoms with Crippen LogP contribution in [0.1, 0.15) is 31.2 Å². The Morgan fingerprint density at radius 2 is 1.96 bits per heavy atom. The molecule has 2 saturated heterocycles. The number of hydrogen-bond donors (Lipinski definition) is 1. The van der Waals surface area contributed by atoms with E-state index in [4.69, 9.17) is 0 Å². The highest BCUT2D eigenvalue weighted by Gasteiger charge is 2.33. The maximum Gasteiger partial charge on any atom is 0.239 e. The van der Waals surface area contributed by atoms with E-state index in [0.717, 1.165) is 39.0 Å². The van der Waals surface area contributed by atoms with Gasteiger partial charge in [-0.2, -0.15) is 0 Å². The lowest BCUT2D eigenvalue weighted by molar-refractivity contribution is -0.139. The third-order valence-electron chi connectivity index (χ3n) is 5.06. The van der Waals surface area contributed by atoms with Crippen molar-refractivity contribution in [2.45, 2.75) is 44.3 Å². The van der Waals surface area contributed by atoms with Gasteiger partial charge in [-0.3, -0.25) is 9.69 Å². The van der Waals surface area contributed by atoms with Crippen molar-refractivity contribution in [3.05, 3.63) is 35.9 Å². The average molecular weight is 374 g/mol. The first kappa shape index (κ1) is 21.2. The number of amides is 1. The molecule has 0 spiro atoms. The number of piperidine rings is 1. The van der Waals surface area contributed by atoms with Gasteiger partial charge in [0.25, 0.3) is 0 Å². The minimum atomic E-state index is 0. The molecule has 1 aromatic rings. The second-order valence-electron chi connectivity index (χ2n) is 6.56. The molecule has 24 heavy (non-hydrogen) atoms. The van der Waals surface area contributed by atoms with Crippen molar-refractivity contribution in [1.29, 1.82) is 0 Å². The van der Waals surface area contributed by atoms with Gasteiger partial charge in [0.1, 0.15) is 0 Å². The number of benzene rings is 1. The fraction of sp³-hybridized carbons (Fsp3) is 0.611. The molecule has 0 aliphatic carbocycles. The zero-order valence-electron chi connectivity index (χ0n) is 14.3. The molecule has 4 nitrogen and oxygen atoms in total. The summed E-state index contributed by atoms with van der Waals surface area (Å²) in [5.41, 5.74) is 1.30. The molecule has 1 N–H and O–H groups in total. The maximum atomic E-state index is 12.9. The summed E-state index contributed by atoms with van der Waals surface area (Å²) in [6.07, 6.45) is 4.44. The lowest BCUT2D eigenvalue weighted by Crippen LogP contribution is -2.52. The van der Waals surface area contributed by atoms with E-state index in [-0.39, 0.29) is 30.9 Å². The van der Waals surface area contributed by atoms with Gasteiger partial charge in [0, 0.05) is 26.2 Å². The molecule has 1 amide bonds. The van der Waals surface area contributed by atoms with E-state index < -0.39 is 0 Å². The van der Waals surface area contributed by atoms with Crippen LogP contribution in [-0.2, 0) is 11.3 Å². The van der Waals surface area contributed by atoms with Crippen molar-refractivity contribution in [3.63, 3.8) is 0 Å². The summed E-state index contributed by atoms with van der Waals surface area (Å²) in [5, 5.41) is 3.35. The number of carbonyl (C=O) groups excluding carboxylic acids is 1. The van der Waals surface area contributed by atoms with Crippen LogP contribution in [0.5, 0.6) is 0 Å². The molecular weight excluding hydrogens is 345 g/mol. The smallest absolute Gasteiger partial charge is 0.239 e. The summed E-state index contributed by atoms with van der Waals surface area (Å²) in [5.74, 6) is 0.310. The van der Waals surface area contributed by atoms with E-state index in [1.165, 1.54) is 18.4 Å². The van der Waals surface area contributed by atoms with E-state index in [2.05, 4.69) is 34.5 Å². The monoisotopic (exact) mass is 373 g/mol. The summed E-state index contributed by atoms with van der Waals surface area (Å²) >= 11 is 0. The van der Waals surface area contributed by atoms with Gasteiger partial charge in [-0.05, 0) is 37.9 Å². The Hall–Kier alpha value is -0.810. The molecule has 0 aromatic heterocycles. The van der Waals surface area contributed by atoms with E-state index in [1.54, 1.807) is 0 Å². The van der Waals surface area contributed by atoms with Gasteiger partial charge < -0.3 is 10.2 Å². The Bertz CT molecular complexity index is 494. The van der Waals surface area contributed by atoms with Gasteiger partial charge in [0.05, 0.1) is 6.04 Å². The number of carbonyl (C=O) groups is 1. The quantitative estimate of drug-likeness (QED) is 0.880. The molecule has 2 aliphatic rings. The highest BCUT2D eigenvalue weighted by Crippen LogP contribution is 2.22. The molecule has 0 saturated carbocycles. The molecule has 2 atom stereocenters. The van der Waals surface area contributed by atoms with Crippen LogP contribution in [0, 0.1) is 0 Å². The van der Waals surface area contributed by atoms with Gasteiger partial charge in [0.2, 0.25) is 5.91 Å². The van der Waals surface area contributed by atoms with Crippen LogP contribution in [0.3, 0.4) is 0 Å². The fourth-order valence-corrected chi connectivity index (χ4v) is 3.66. The van der Waals surface area contributed by atoms with Crippen LogP contribution in [-0.4, -0.2) is 54.5 Å². The minimum absolute atomic E-state index is 0. The van der Waals surface area contributed by atoms with Crippen molar-refractivity contribution >= 4 is 30.7 Å². The van der Waals surface area contributed by atoms with E-state index >= 15 is 0 Å². The summed E-state index contributed by atoms with van der Waals surface area (Å²) in [6, 6.07) is 10.9. The average Bonchev–Trinajstić information content (AvgIpc) is 3.09. The van der Waals surface area contributed by atoms with E-state index in [9.17, 15) is 4.79 Å². The summed E-state index contributed by atoms with van der Waals surface area (Å²) in [4.78, 5) is 17.3. The van der Waals surface area contributed by atoms with Gasteiger partial charge in [-0.25, -0.2) is 0 Å². The first-order valence-electron chi connectivity index (χ1n) is 8.51. The highest BCUT2D eigenvalue weighted by atomic mass is 35.5. The van der Waals surface area contributed by atoms with Gasteiger partial charge in [-0.1, -0.05) is 36.8 Å². The Balaban J connectivity index is 0.00000144. The second-order valence-corrected chi connectivity index (χ2v) is 6.56. The summed E-state index contributed by atoms with van der Waals surface area (Å²) < 4.78 is 0. The van der Waals surface area contributed by atoms with Crippen LogP contribution in [0.25, 0.3) is 0 Å². The lowest BCUT2D eigenvalue weighted by Gasteiger charge is -2.38. The number of nitrogens with zero attached hydrogens (tertiary/aromatic N) is 2. The topological polar surface area (TPSA) is 35.6 Å². The van der Waals surface area contributed by atoms with Crippen molar-refractivity contribution in [1.82, 2.24) is 15.1 Å². The van der Waals surface area contributed by atoms with Crippen LogP contribution in [0.15, 0.2) is 30.3 Å². The molecule has 2 aliphatic heterocycles. The predicted molar refractivity (Wildman–Crippen MR) is 103 cm³/mol. The maximum absolute atomic E-state index is 12.9. The molecular formula is C18H29Cl2N3O. The summed E-state index contributed by atoms with van der Waals surface area (Å²) in [7, 11) is 1.98. The van der Waals surface area contributed by atoms with Crippen LogP contribution in [0.2, 0.25) is 0 Å². The number of nitrogens with one attached hydrogen (secondary N) is 1. The highest BCUT2D eigenvalue weighted by molar-refractivity contribution is 5.85. The van der Waals surface area contributed by atoms with Crippen molar-refractivity contribution < 1.29 is 4.79 Å². The third kappa shape index (κ3) is 5.09. The number of halogens is 2. The van der Waals surface area contributed by atoms with Crippen LogP contribution in [0.4, 0.5) is 0 Å². The molecule has 6 heteroatoms. The molecule has 0 radical (unpaired) electrons. The number of rotatable bonds is 4. The Kier molecular flexibility index (Phi) is 9.06. The number of hydrogen-bond acceptors (Lipinski definition) is 3. The normalized spacial score (nSPS) is 23.9. The number of likely N-dealkylation sites (N-methyl/N-ethyl adjacent to an activating group) is 1. The zero-order valence-corrected chi connectivity index (χ0v) is 16.0. The van der Waals surface area contributed by atoms with Crippen molar-refractivity contribution in [2.75, 3.05) is 26.7 Å². The van der Waals surface area contributed by atoms with Crippen molar-refractivity contribution in [3.8, 4) is 0 Å². The minimum Gasteiger partial charge on any atom is -0.340 e. The molecule has 3 rings (SSSR count). The lowest BCUT2D eigenvalue weighted by atomic mass is 9.99. The molecule has 2 heterocycles. The molecule has 136 valence electrons. The van der Waals surface area contributed by atoms with Gasteiger partial charge in [0.15, 0.2) is 0 Å². The Labute approximate surface area is 157 Å². The van der Waals surface area contributed by atoms with Gasteiger partial charge >= 0.3 is 0 Å². The van der Waals surface area contributed by atoms with Crippen molar-refractivity contribution in [2.24, 2.45) is 0 Å². The predicted octanol–water partition coefficient (Wildman–Crippen LogP) is 2.71. The largest absolute Gasteiger partial charge is 0.340 e. The summed E-state index contributed by atoms with van der Waals surface area (Å²) in [6.45, 7) is 3.88. The molecule has 1 aromatic carbocycles. The first-order valence-corrected chi connectivity index (χ1v) is 8.51. The standard InChI is InChI=1S/C18H27N3O.2ClH/c1-20(16-10-11-19-13-16)18(22)17-9-5-6-12-21(17)14-15-7-3-2-4-8-15;;/h2-4,7-8,16-17,19H,5-6,9-14H2,1H3;2*1H. The first-order chi connectivity index (χ1) is 10.8. The number of likely N-dealkylation sites (tertiary alicyclic amines) is 1. The third-order valence-corrected chi connectivity index (χ3v) is 5.06. The molecule has 0 bridgehead atoms. The van der Waals surface area contributed by atoms with E-state index in [0.29, 0.717) is 11.9 Å². The fourth-order valence-electron chi connectivity index (χ4n) is 3.66. The second kappa shape index (κ2) is 10.2. The zero-order chi connectivity index (χ0) is 15.4. The van der Waals surface area contributed by atoms with E-state index in [1.807, 2.05) is 18.0 Å². The Morgan fingerprint density at radius 3 is 2.62 bits per heavy atom. The SMILES string of the molecule is CN(C(=O)C1CCCCN1Cc1ccccc1)C1CCNC1.Cl.Cl.